The van der Waals surface area contributed by atoms with Crippen LogP contribution in [0.4, 0.5) is 11.4 Å². The summed E-state index contributed by atoms with van der Waals surface area (Å²) in [5.41, 5.74) is 3.30. The fraction of sp³-hybridized carbons (Fsp3) is 0.481. The largest absolute Gasteiger partial charge is 0.497 e. The molecule has 0 spiro atoms. The highest BCUT2D eigenvalue weighted by Crippen LogP contribution is 2.33. The Bertz CT molecular complexity index is 1090. The van der Waals surface area contributed by atoms with Crippen LogP contribution in [0.3, 0.4) is 0 Å². The maximum Gasteiger partial charge on any atom is 0.264 e. The molecule has 0 bridgehead atoms. The van der Waals surface area contributed by atoms with Crippen LogP contribution in [0.1, 0.15) is 37.8 Å². The third-order valence-corrected chi connectivity index (χ3v) is 8.07. The van der Waals surface area contributed by atoms with Crippen LogP contribution in [0.5, 0.6) is 5.75 Å². The topological polar surface area (TPSA) is 59.1 Å². The van der Waals surface area contributed by atoms with Gasteiger partial charge in [0.25, 0.3) is 10.0 Å². The van der Waals surface area contributed by atoms with Crippen molar-refractivity contribution < 1.29 is 17.9 Å². The molecule has 0 unspecified atom stereocenters. The van der Waals surface area contributed by atoms with Gasteiger partial charge < -0.3 is 14.4 Å². The molecule has 0 amide bonds. The number of aryl methyl sites for hydroxylation is 1. The van der Waals surface area contributed by atoms with Crippen molar-refractivity contribution in [1.29, 1.82) is 0 Å². The quantitative estimate of drug-likeness (QED) is 0.452. The Balaban J connectivity index is 1.96. The van der Waals surface area contributed by atoms with Crippen LogP contribution in [0.2, 0.25) is 0 Å². The molecule has 6 nitrogen and oxygen atoms in total. The molecule has 7 heteroatoms. The molecule has 1 fully saturated rings. The van der Waals surface area contributed by atoms with Crippen molar-refractivity contribution in [2.45, 2.75) is 38.5 Å². The summed E-state index contributed by atoms with van der Waals surface area (Å²) in [6.07, 6.45) is 3.83. The maximum absolute atomic E-state index is 13.9. The number of sulfonamides is 1. The normalized spacial score (nSPS) is 14.8. The molecule has 186 valence electrons. The summed E-state index contributed by atoms with van der Waals surface area (Å²) in [7, 11) is -0.125. The van der Waals surface area contributed by atoms with Gasteiger partial charge in [0.1, 0.15) is 5.75 Å². The van der Waals surface area contributed by atoms with E-state index in [4.69, 9.17) is 9.47 Å². The van der Waals surface area contributed by atoms with E-state index in [1.807, 2.05) is 39.0 Å². The Morgan fingerprint density at radius 1 is 1.15 bits per heavy atom. The van der Waals surface area contributed by atoms with Crippen LogP contribution in [0.15, 0.2) is 47.9 Å². The minimum absolute atomic E-state index is 0.153. The van der Waals surface area contributed by atoms with E-state index < -0.39 is 10.0 Å². The van der Waals surface area contributed by atoms with Crippen LogP contribution < -0.4 is 13.9 Å². The van der Waals surface area contributed by atoms with E-state index in [1.165, 1.54) is 4.31 Å². The highest BCUT2D eigenvalue weighted by molar-refractivity contribution is 7.92. The molecule has 3 rings (SSSR count). The van der Waals surface area contributed by atoms with Gasteiger partial charge in [0.2, 0.25) is 0 Å². The number of hydrogen-bond donors (Lipinski definition) is 0. The van der Waals surface area contributed by atoms with E-state index in [0.29, 0.717) is 23.9 Å². The molecule has 0 N–H and O–H groups in total. The zero-order valence-electron chi connectivity index (χ0n) is 21.1. The second-order valence-electron chi connectivity index (χ2n) is 9.44. The number of rotatable bonds is 10. The van der Waals surface area contributed by atoms with Gasteiger partial charge >= 0.3 is 0 Å². The van der Waals surface area contributed by atoms with Gasteiger partial charge in [-0.15, -0.1) is 0 Å². The zero-order valence-corrected chi connectivity index (χ0v) is 21.9. The van der Waals surface area contributed by atoms with E-state index in [1.54, 1.807) is 31.4 Å². The van der Waals surface area contributed by atoms with E-state index in [0.717, 1.165) is 49.4 Å². The van der Waals surface area contributed by atoms with E-state index in [-0.39, 0.29) is 10.8 Å². The molecule has 1 saturated heterocycles. The number of anilines is 2. The molecule has 0 aliphatic carbocycles. The zero-order chi connectivity index (χ0) is 24.9. The first kappa shape index (κ1) is 26.1. The number of nitrogens with zero attached hydrogens (tertiary/aromatic N) is 2. The summed E-state index contributed by atoms with van der Waals surface area (Å²) in [4.78, 5) is 2.46. The van der Waals surface area contributed by atoms with Gasteiger partial charge in [-0.25, -0.2) is 8.42 Å². The van der Waals surface area contributed by atoms with Crippen molar-refractivity contribution in [2.75, 3.05) is 49.7 Å². The van der Waals surface area contributed by atoms with Crippen LogP contribution in [-0.2, 0) is 14.8 Å². The van der Waals surface area contributed by atoms with Crippen molar-refractivity contribution in [1.82, 2.24) is 0 Å². The fourth-order valence-corrected chi connectivity index (χ4v) is 6.17. The lowest BCUT2D eigenvalue weighted by Crippen LogP contribution is -2.35. The second kappa shape index (κ2) is 11.3. The molecule has 2 aromatic rings. The predicted octanol–water partition coefficient (Wildman–Crippen LogP) is 5.36. The van der Waals surface area contributed by atoms with Crippen molar-refractivity contribution in [3.05, 3.63) is 54.1 Å². The maximum atomic E-state index is 13.9. The standard InChI is InChI=1S/C27H38N2O4S/c1-7-23-17-25(9-11-27(23)28(5)19-22-12-14-33-15-13-22)34(30,31)29(18-20(2)3)26-10-8-24(32-6)16-21(26)4/h7-11,16-17,20,22H,1,12-15,18-19H2,2-6H3. The van der Waals surface area contributed by atoms with Crippen LogP contribution >= 0.6 is 0 Å². The molecule has 0 aromatic heterocycles. The van der Waals surface area contributed by atoms with Crippen molar-refractivity contribution in [2.24, 2.45) is 11.8 Å². The first-order valence-corrected chi connectivity index (χ1v) is 13.3. The number of benzene rings is 2. The monoisotopic (exact) mass is 486 g/mol. The Kier molecular flexibility index (Phi) is 8.66. The Morgan fingerprint density at radius 2 is 1.82 bits per heavy atom. The average Bonchev–Trinajstić information content (AvgIpc) is 2.82. The Hall–Kier alpha value is -2.51. The lowest BCUT2D eigenvalue weighted by atomic mass is 9.99. The average molecular weight is 487 g/mol. The summed E-state index contributed by atoms with van der Waals surface area (Å²) in [6, 6.07) is 10.8. The SMILES string of the molecule is C=Cc1cc(S(=O)(=O)N(CC(C)C)c2ccc(OC)cc2C)ccc1N(C)CC1CCOCC1. The predicted molar refractivity (Wildman–Crippen MR) is 140 cm³/mol. The number of ether oxygens (including phenoxy) is 2. The summed E-state index contributed by atoms with van der Waals surface area (Å²) >= 11 is 0. The summed E-state index contributed by atoms with van der Waals surface area (Å²) < 4.78 is 40.1. The lowest BCUT2D eigenvalue weighted by molar-refractivity contribution is 0.0685. The molecule has 0 radical (unpaired) electrons. The number of hydrogen-bond acceptors (Lipinski definition) is 5. The van der Waals surface area contributed by atoms with Crippen LogP contribution in [0.25, 0.3) is 6.08 Å². The van der Waals surface area contributed by atoms with Gasteiger partial charge in [0, 0.05) is 39.0 Å². The summed E-state index contributed by atoms with van der Waals surface area (Å²) in [5.74, 6) is 1.42. The summed E-state index contributed by atoms with van der Waals surface area (Å²) in [6.45, 7) is 12.8. The van der Waals surface area contributed by atoms with Gasteiger partial charge in [-0.05, 0) is 79.1 Å². The minimum atomic E-state index is -3.78. The van der Waals surface area contributed by atoms with E-state index >= 15 is 0 Å². The highest BCUT2D eigenvalue weighted by Gasteiger charge is 2.28. The molecule has 1 heterocycles. The Morgan fingerprint density at radius 3 is 2.41 bits per heavy atom. The van der Waals surface area contributed by atoms with Gasteiger partial charge in [0.05, 0.1) is 17.7 Å². The Labute approximate surface area is 205 Å². The fourth-order valence-electron chi connectivity index (χ4n) is 4.44. The molecule has 34 heavy (non-hydrogen) atoms. The third-order valence-electron chi connectivity index (χ3n) is 6.29. The van der Waals surface area contributed by atoms with Crippen molar-refractivity contribution >= 4 is 27.5 Å². The molecule has 1 aliphatic heterocycles. The van der Waals surface area contributed by atoms with Gasteiger partial charge in [-0.2, -0.15) is 0 Å². The molecule has 0 saturated carbocycles. The second-order valence-corrected chi connectivity index (χ2v) is 11.3. The van der Waals surface area contributed by atoms with Crippen LogP contribution in [0, 0.1) is 18.8 Å². The highest BCUT2D eigenvalue weighted by atomic mass is 32.2. The van der Waals surface area contributed by atoms with Crippen molar-refractivity contribution in [3.63, 3.8) is 0 Å². The molecule has 2 aromatic carbocycles. The van der Waals surface area contributed by atoms with E-state index in [9.17, 15) is 8.42 Å². The van der Waals surface area contributed by atoms with Crippen LogP contribution in [-0.4, -0.2) is 48.9 Å². The first-order chi connectivity index (χ1) is 16.2. The molecule has 1 aliphatic rings. The third kappa shape index (κ3) is 5.94. The molecule has 0 atom stereocenters. The molecular formula is C27H38N2O4S. The van der Waals surface area contributed by atoms with E-state index in [2.05, 4.69) is 18.5 Å². The van der Waals surface area contributed by atoms with Gasteiger partial charge in [-0.3, -0.25) is 4.31 Å². The number of methoxy groups -OCH3 is 1. The van der Waals surface area contributed by atoms with Gasteiger partial charge in [0.15, 0.2) is 0 Å². The summed E-state index contributed by atoms with van der Waals surface area (Å²) in [5, 5.41) is 0. The molecular weight excluding hydrogens is 448 g/mol. The first-order valence-electron chi connectivity index (χ1n) is 11.9. The smallest absolute Gasteiger partial charge is 0.264 e. The van der Waals surface area contributed by atoms with Crippen molar-refractivity contribution in [3.8, 4) is 5.75 Å². The lowest BCUT2D eigenvalue weighted by Gasteiger charge is -2.30. The van der Waals surface area contributed by atoms with Gasteiger partial charge in [-0.1, -0.05) is 26.5 Å². The minimum Gasteiger partial charge on any atom is -0.497 e.